The standard InChI is InChI=1S/C30H28/c1-20-6-5-7-22(11-8-20)24-14-16-26-27-17-15-25(23-12-9-21(2)10-13-23)19-29(27)30(3,4)28(26)18-24/h6-19H,5H2,1-4H3. The van der Waals surface area contributed by atoms with Crippen LogP contribution in [0.3, 0.4) is 0 Å². The first-order valence-corrected chi connectivity index (χ1v) is 10.9. The molecule has 0 atom stereocenters. The second kappa shape index (κ2) is 6.99. The zero-order chi connectivity index (χ0) is 20.9. The zero-order valence-corrected chi connectivity index (χ0v) is 18.3. The largest absolute Gasteiger partial charge is 0.0778 e. The number of allylic oxidation sites excluding steroid dienone is 6. The molecule has 0 spiro atoms. The normalized spacial score (nSPS) is 16.4. The lowest BCUT2D eigenvalue weighted by molar-refractivity contribution is 0.660. The van der Waals surface area contributed by atoms with Gasteiger partial charge in [-0.3, -0.25) is 0 Å². The highest BCUT2D eigenvalue weighted by molar-refractivity contribution is 5.86. The topological polar surface area (TPSA) is 0 Å². The molecule has 2 aliphatic carbocycles. The van der Waals surface area contributed by atoms with Crippen LogP contribution in [0, 0.1) is 6.92 Å². The monoisotopic (exact) mass is 388 g/mol. The average Bonchev–Trinajstić information content (AvgIpc) is 2.87. The second-order valence-electron chi connectivity index (χ2n) is 9.19. The summed E-state index contributed by atoms with van der Waals surface area (Å²) >= 11 is 0. The fourth-order valence-corrected chi connectivity index (χ4v) is 4.79. The van der Waals surface area contributed by atoms with Gasteiger partial charge >= 0.3 is 0 Å². The van der Waals surface area contributed by atoms with Crippen molar-refractivity contribution in [3.05, 3.63) is 113 Å². The zero-order valence-electron chi connectivity index (χ0n) is 18.3. The number of hydrogen-bond donors (Lipinski definition) is 0. The molecule has 0 aliphatic heterocycles. The van der Waals surface area contributed by atoms with Gasteiger partial charge in [-0.15, -0.1) is 0 Å². The quantitative estimate of drug-likeness (QED) is 0.414. The van der Waals surface area contributed by atoms with Gasteiger partial charge in [0, 0.05) is 5.41 Å². The van der Waals surface area contributed by atoms with Gasteiger partial charge < -0.3 is 0 Å². The molecule has 0 amide bonds. The SMILES string of the molecule is CC1=CCC=C(c2ccc3c(c2)C(C)(C)c2cc(-c4ccc(C)cc4)ccc2-3)C=C1. The Hall–Kier alpha value is -3.12. The molecule has 0 saturated heterocycles. The van der Waals surface area contributed by atoms with Gasteiger partial charge in [0.2, 0.25) is 0 Å². The molecule has 0 heteroatoms. The van der Waals surface area contributed by atoms with E-state index < -0.39 is 0 Å². The van der Waals surface area contributed by atoms with Crippen LogP contribution in [0.25, 0.3) is 27.8 Å². The van der Waals surface area contributed by atoms with Crippen molar-refractivity contribution in [3.63, 3.8) is 0 Å². The van der Waals surface area contributed by atoms with Crippen molar-refractivity contribution in [2.24, 2.45) is 0 Å². The fourth-order valence-electron chi connectivity index (χ4n) is 4.79. The van der Waals surface area contributed by atoms with Gasteiger partial charge in [0.05, 0.1) is 0 Å². The van der Waals surface area contributed by atoms with Crippen LogP contribution in [-0.2, 0) is 5.41 Å². The molecule has 3 aromatic rings. The third-order valence-electron chi connectivity index (χ3n) is 6.70. The van der Waals surface area contributed by atoms with Crippen LogP contribution >= 0.6 is 0 Å². The summed E-state index contributed by atoms with van der Waals surface area (Å²) in [5, 5.41) is 0. The van der Waals surface area contributed by atoms with Crippen LogP contribution < -0.4 is 0 Å². The molecule has 0 saturated carbocycles. The lowest BCUT2D eigenvalue weighted by Crippen LogP contribution is -2.15. The van der Waals surface area contributed by atoms with Crippen LogP contribution in [0.4, 0.5) is 0 Å². The van der Waals surface area contributed by atoms with Gasteiger partial charge in [-0.2, -0.15) is 0 Å². The molecule has 0 radical (unpaired) electrons. The molecule has 5 rings (SSSR count). The van der Waals surface area contributed by atoms with Gasteiger partial charge in [-0.05, 0) is 76.9 Å². The highest BCUT2D eigenvalue weighted by atomic mass is 14.4. The van der Waals surface area contributed by atoms with E-state index in [0.717, 1.165) is 6.42 Å². The Balaban J connectivity index is 1.58. The molecule has 0 heterocycles. The Bertz CT molecular complexity index is 1230. The molecule has 0 fully saturated rings. The summed E-state index contributed by atoms with van der Waals surface area (Å²) < 4.78 is 0. The van der Waals surface area contributed by atoms with Crippen LogP contribution in [-0.4, -0.2) is 0 Å². The van der Waals surface area contributed by atoms with E-state index >= 15 is 0 Å². The third kappa shape index (κ3) is 3.08. The molecule has 0 unspecified atom stereocenters. The summed E-state index contributed by atoms with van der Waals surface area (Å²) in [5.41, 5.74) is 13.4. The van der Waals surface area contributed by atoms with E-state index in [0.29, 0.717) is 0 Å². The third-order valence-corrected chi connectivity index (χ3v) is 6.70. The van der Waals surface area contributed by atoms with Crippen molar-refractivity contribution in [1.29, 1.82) is 0 Å². The minimum atomic E-state index is -0.00937. The van der Waals surface area contributed by atoms with E-state index in [2.05, 4.69) is 113 Å². The summed E-state index contributed by atoms with van der Waals surface area (Å²) in [6.45, 7) is 9.04. The number of fused-ring (bicyclic) bond motifs is 3. The number of aryl methyl sites for hydroxylation is 1. The molecule has 0 nitrogen and oxygen atoms in total. The van der Waals surface area contributed by atoms with E-state index in [-0.39, 0.29) is 5.41 Å². The lowest BCUT2D eigenvalue weighted by Gasteiger charge is -2.22. The maximum Gasteiger partial charge on any atom is 0.0159 e. The Labute approximate surface area is 180 Å². The first-order valence-electron chi connectivity index (χ1n) is 10.9. The average molecular weight is 389 g/mol. The summed E-state index contributed by atoms with van der Waals surface area (Å²) in [7, 11) is 0. The Kier molecular flexibility index (Phi) is 4.40. The predicted octanol–water partition coefficient (Wildman–Crippen LogP) is 8.26. The molecule has 0 aromatic heterocycles. The van der Waals surface area contributed by atoms with Crippen molar-refractivity contribution < 1.29 is 0 Å². The highest BCUT2D eigenvalue weighted by Gasteiger charge is 2.35. The van der Waals surface area contributed by atoms with Crippen molar-refractivity contribution in [1.82, 2.24) is 0 Å². The number of benzene rings is 3. The summed E-state index contributed by atoms with van der Waals surface area (Å²) in [4.78, 5) is 0. The Morgan fingerprint density at radius 1 is 0.633 bits per heavy atom. The van der Waals surface area contributed by atoms with E-state index in [9.17, 15) is 0 Å². The summed E-state index contributed by atoms with van der Waals surface area (Å²) in [5.74, 6) is 0. The van der Waals surface area contributed by atoms with Crippen molar-refractivity contribution in [2.45, 2.75) is 39.5 Å². The fraction of sp³-hybridized carbons (Fsp3) is 0.200. The molecule has 148 valence electrons. The number of hydrogen-bond acceptors (Lipinski definition) is 0. The minimum absolute atomic E-state index is 0.00937. The molecule has 30 heavy (non-hydrogen) atoms. The maximum atomic E-state index is 2.41. The molecule has 2 aliphatic rings. The summed E-state index contributed by atoms with van der Waals surface area (Å²) in [6, 6.07) is 22.9. The van der Waals surface area contributed by atoms with Crippen LogP contribution in [0.5, 0.6) is 0 Å². The smallest absolute Gasteiger partial charge is 0.0159 e. The minimum Gasteiger partial charge on any atom is -0.0778 e. The highest BCUT2D eigenvalue weighted by Crippen LogP contribution is 2.50. The van der Waals surface area contributed by atoms with Gasteiger partial charge in [0.25, 0.3) is 0 Å². The van der Waals surface area contributed by atoms with E-state index in [4.69, 9.17) is 0 Å². The van der Waals surface area contributed by atoms with Gasteiger partial charge in [0.15, 0.2) is 0 Å². The van der Waals surface area contributed by atoms with Crippen molar-refractivity contribution >= 4 is 5.57 Å². The predicted molar refractivity (Wildman–Crippen MR) is 130 cm³/mol. The maximum absolute atomic E-state index is 2.41. The van der Waals surface area contributed by atoms with Gasteiger partial charge in [0.1, 0.15) is 0 Å². The molecule has 0 N–H and O–H groups in total. The molecule has 0 bridgehead atoms. The summed E-state index contributed by atoms with van der Waals surface area (Å²) in [6.07, 6.45) is 10.1. The van der Waals surface area contributed by atoms with Crippen LogP contribution in [0.1, 0.15) is 49.4 Å². The first kappa shape index (κ1) is 18.9. The molecular formula is C30H28. The van der Waals surface area contributed by atoms with Crippen molar-refractivity contribution in [2.75, 3.05) is 0 Å². The van der Waals surface area contributed by atoms with E-state index in [1.165, 1.54) is 55.7 Å². The Morgan fingerprint density at radius 2 is 1.23 bits per heavy atom. The van der Waals surface area contributed by atoms with Crippen molar-refractivity contribution in [3.8, 4) is 22.3 Å². The van der Waals surface area contributed by atoms with E-state index in [1.54, 1.807) is 0 Å². The second-order valence-corrected chi connectivity index (χ2v) is 9.19. The first-order chi connectivity index (χ1) is 14.4. The number of rotatable bonds is 2. The van der Waals surface area contributed by atoms with Gasteiger partial charge in [-0.1, -0.05) is 97.8 Å². The molecular weight excluding hydrogens is 360 g/mol. The van der Waals surface area contributed by atoms with Crippen LogP contribution in [0.2, 0.25) is 0 Å². The van der Waals surface area contributed by atoms with Gasteiger partial charge in [-0.25, -0.2) is 0 Å². The van der Waals surface area contributed by atoms with E-state index in [1.807, 2.05) is 0 Å². The Morgan fingerprint density at radius 3 is 1.93 bits per heavy atom. The van der Waals surface area contributed by atoms with Crippen LogP contribution in [0.15, 0.2) is 90.5 Å². The molecule has 3 aromatic carbocycles. The lowest BCUT2D eigenvalue weighted by atomic mass is 9.80.